The van der Waals surface area contributed by atoms with Crippen LogP contribution >= 0.6 is 22.9 Å². The second-order valence-electron chi connectivity index (χ2n) is 8.97. The summed E-state index contributed by atoms with van der Waals surface area (Å²) in [6.45, 7) is 0.368. The molecule has 5 nitrogen and oxygen atoms in total. The van der Waals surface area contributed by atoms with Gasteiger partial charge in [-0.3, -0.25) is 9.59 Å². The van der Waals surface area contributed by atoms with Crippen molar-refractivity contribution in [3.05, 3.63) is 130 Å². The van der Waals surface area contributed by atoms with Gasteiger partial charge in [-0.15, -0.1) is 11.3 Å². The first-order valence-electron chi connectivity index (χ1n) is 12.5. The van der Waals surface area contributed by atoms with Crippen LogP contribution in [-0.2, 0) is 22.6 Å². The zero-order valence-electron chi connectivity index (χ0n) is 21.0. The van der Waals surface area contributed by atoms with E-state index in [0.717, 1.165) is 27.0 Å². The van der Waals surface area contributed by atoms with Crippen molar-refractivity contribution >= 4 is 44.7 Å². The van der Waals surface area contributed by atoms with Crippen LogP contribution in [0.3, 0.4) is 0 Å². The Bertz CT molecular complexity index is 1550. The Morgan fingerprint density at radius 3 is 2.13 bits per heavy atom. The van der Waals surface area contributed by atoms with Crippen molar-refractivity contribution in [2.75, 3.05) is 6.61 Å². The van der Waals surface area contributed by atoms with Gasteiger partial charge in [0.1, 0.15) is 22.4 Å². The van der Waals surface area contributed by atoms with Crippen LogP contribution in [0, 0.1) is 0 Å². The smallest absolute Gasteiger partial charge is 0.263 e. The minimum Gasteiger partial charge on any atom is -0.457 e. The maximum Gasteiger partial charge on any atom is 0.263 e. The van der Waals surface area contributed by atoms with Crippen molar-refractivity contribution in [3.63, 3.8) is 0 Å². The molecule has 39 heavy (non-hydrogen) atoms. The molecular formula is C32H26ClNO4S. The van der Waals surface area contributed by atoms with Gasteiger partial charge < -0.3 is 14.8 Å². The van der Waals surface area contributed by atoms with Gasteiger partial charge in [-0.1, -0.05) is 90.5 Å². The zero-order valence-corrected chi connectivity index (χ0v) is 22.6. The highest BCUT2D eigenvalue weighted by Gasteiger charge is 2.25. The van der Waals surface area contributed by atoms with Gasteiger partial charge in [-0.2, -0.15) is 0 Å². The summed E-state index contributed by atoms with van der Waals surface area (Å²) in [4.78, 5) is 27.0. The van der Waals surface area contributed by atoms with Crippen LogP contribution in [-0.4, -0.2) is 24.3 Å². The molecule has 1 amide bonds. The minimum atomic E-state index is -0.845. The number of amides is 1. The fourth-order valence-corrected chi connectivity index (χ4v) is 5.51. The maximum absolute atomic E-state index is 13.4. The van der Waals surface area contributed by atoms with Gasteiger partial charge in [0, 0.05) is 16.5 Å². The van der Waals surface area contributed by atoms with E-state index in [-0.39, 0.29) is 18.8 Å². The van der Waals surface area contributed by atoms with Crippen molar-refractivity contribution in [2.24, 2.45) is 0 Å². The molecule has 1 N–H and O–H groups in total. The Labute approximate surface area is 236 Å². The molecule has 0 spiro atoms. The van der Waals surface area contributed by atoms with E-state index < -0.39 is 11.9 Å². The summed E-state index contributed by atoms with van der Waals surface area (Å²) in [5.41, 5.74) is 1.79. The van der Waals surface area contributed by atoms with Crippen LogP contribution in [0.15, 0.2) is 109 Å². The van der Waals surface area contributed by atoms with Crippen LogP contribution in [0.4, 0.5) is 0 Å². The lowest BCUT2D eigenvalue weighted by molar-refractivity contribution is -0.121. The summed E-state index contributed by atoms with van der Waals surface area (Å²) in [5.74, 6) is 0.854. The first-order chi connectivity index (χ1) is 19.1. The molecule has 1 unspecified atom stereocenters. The van der Waals surface area contributed by atoms with Crippen LogP contribution in [0.1, 0.15) is 20.8 Å². The Kier molecular flexibility index (Phi) is 8.68. The summed E-state index contributed by atoms with van der Waals surface area (Å²) in [5, 5.41) is 4.08. The van der Waals surface area contributed by atoms with E-state index in [9.17, 15) is 9.59 Å². The number of hydrogen-bond donors (Lipinski definition) is 1. The first-order valence-corrected chi connectivity index (χ1v) is 13.7. The van der Waals surface area contributed by atoms with Gasteiger partial charge in [-0.05, 0) is 41.5 Å². The molecule has 5 rings (SSSR count). The zero-order chi connectivity index (χ0) is 27.0. The second-order valence-corrected chi connectivity index (χ2v) is 10.4. The monoisotopic (exact) mass is 555 g/mol. The molecule has 196 valence electrons. The number of carbonyl (C=O) groups excluding carboxylic acids is 2. The molecular weight excluding hydrogens is 530 g/mol. The third-order valence-electron chi connectivity index (χ3n) is 6.11. The van der Waals surface area contributed by atoms with Gasteiger partial charge in [0.15, 0.2) is 5.78 Å². The number of nitrogens with one attached hydrogen (secondary N) is 1. The topological polar surface area (TPSA) is 64.6 Å². The lowest BCUT2D eigenvalue weighted by Gasteiger charge is -2.18. The number of ketones is 1. The molecule has 0 radical (unpaired) electrons. The molecule has 0 saturated carbocycles. The van der Waals surface area contributed by atoms with Gasteiger partial charge in [0.2, 0.25) is 0 Å². The van der Waals surface area contributed by atoms with E-state index in [1.54, 1.807) is 0 Å². The Hall–Kier alpha value is -3.97. The lowest BCUT2D eigenvalue weighted by atomic mass is 10.0. The predicted octanol–water partition coefficient (Wildman–Crippen LogP) is 7.47. The minimum absolute atomic E-state index is 0.0389. The Balaban J connectivity index is 1.28. The maximum atomic E-state index is 13.4. The number of rotatable bonds is 11. The van der Waals surface area contributed by atoms with Crippen molar-refractivity contribution in [2.45, 2.75) is 19.1 Å². The number of Topliss-reactive ketones (excluding diaryl/α,β-unsaturated/α-hetero) is 1. The van der Waals surface area contributed by atoms with E-state index in [1.807, 2.05) is 109 Å². The van der Waals surface area contributed by atoms with Crippen molar-refractivity contribution < 1.29 is 19.1 Å². The highest BCUT2D eigenvalue weighted by Crippen LogP contribution is 2.35. The summed E-state index contributed by atoms with van der Waals surface area (Å²) >= 11 is 7.83. The van der Waals surface area contributed by atoms with E-state index in [4.69, 9.17) is 21.1 Å². The summed E-state index contributed by atoms with van der Waals surface area (Å²) < 4.78 is 12.6. The largest absolute Gasteiger partial charge is 0.457 e. The van der Waals surface area contributed by atoms with Gasteiger partial charge in [0.25, 0.3) is 5.91 Å². The SMILES string of the molecule is O=C(NC(COCc1ccccc1)C(=O)Cc1ccc(Oc2ccccc2)cc1)c1sc2ccccc2c1Cl. The van der Waals surface area contributed by atoms with E-state index in [0.29, 0.717) is 22.3 Å². The quantitative estimate of drug-likeness (QED) is 0.183. The number of halogens is 1. The molecule has 1 atom stereocenters. The molecule has 4 aromatic carbocycles. The number of ether oxygens (including phenoxy) is 2. The van der Waals surface area contributed by atoms with Crippen LogP contribution in [0.2, 0.25) is 5.02 Å². The van der Waals surface area contributed by atoms with E-state index in [2.05, 4.69) is 5.32 Å². The number of para-hydroxylation sites is 1. The van der Waals surface area contributed by atoms with E-state index >= 15 is 0 Å². The summed E-state index contributed by atoms with van der Waals surface area (Å²) in [7, 11) is 0. The molecule has 5 aromatic rings. The highest BCUT2D eigenvalue weighted by molar-refractivity contribution is 7.21. The predicted molar refractivity (Wildman–Crippen MR) is 156 cm³/mol. The number of fused-ring (bicyclic) bond motifs is 1. The number of thiophene rings is 1. The molecule has 0 bridgehead atoms. The third-order valence-corrected chi connectivity index (χ3v) is 7.79. The highest BCUT2D eigenvalue weighted by atomic mass is 35.5. The molecule has 0 fully saturated rings. The first kappa shape index (κ1) is 26.6. The van der Waals surface area contributed by atoms with Gasteiger partial charge in [-0.25, -0.2) is 0 Å². The molecule has 7 heteroatoms. The Morgan fingerprint density at radius 2 is 1.41 bits per heavy atom. The molecule has 0 aliphatic heterocycles. The number of hydrogen-bond acceptors (Lipinski definition) is 5. The molecule has 0 aliphatic rings. The molecule has 0 aliphatic carbocycles. The normalized spacial score (nSPS) is 11.7. The summed E-state index contributed by atoms with van der Waals surface area (Å²) in [6.07, 6.45) is 0.130. The van der Waals surface area contributed by atoms with Gasteiger partial charge >= 0.3 is 0 Å². The second kappa shape index (κ2) is 12.7. The molecule has 1 aromatic heterocycles. The van der Waals surface area contributed by atoms with Crippen LogP contribution in [0.25, 0.3) is 10.1 Å². The fourth-order valence-electron chi connectivity index (χ4n) is 4.09. The average Bonchev–Trinajstić information content (AvgIpc) is 3.31. The standard InChI is InChI=1S/C32H26ClNO4S/c33-30-26-13-7-8-14-29(26)39-31(30)32(36)34-27(21-37-20-23-9-3-1-4-10-23)28(35)19-22-15-17-25(18-16-22)38-24-11-5-2-6-12-24/h1-18,27H,19-21H2,(H,34,36). The lowest BCUT2D eigenvalue weighted by Crippen LogP contribution is -2.44. The number of benzene rings is 4. The fraction of sp³-hybridized carbons (Fsp3) is 0.125. The summed E-state index contributed by atoms with van der Waals surface area (Å²) in [6, 6.07) is 33.3. The average molecular weight is 556 g/mol. The third kappa shape index (κ3) is 6.92. The molecule has 0 saturated heterocycles. The van der Waals surface area contributed by atoms with Crippen molar-refractivity contribution in [3.8, 4) is 11.5 Å². The van der Waals surface area contributed by atoms with Crippen molar-refractivity contribution in [1.29, 1.82) is 0 Å². The molecule has 1 heterocycles. The van der Waals surface area contributed by atoms with E-state index in [1.165, 1.54) is 11.3 Å². The Morgan fingerprint density at radius 1 is 0.769 bits per heavy atom. The number of carbonyl (C=O) groups is 2. The van der Waals surface area contributed by atoms with Crippen LogP contribution < -0.4 is 10.1 Å². The van der Waals surface area contributed by atoms with Crippen molar-refractivity contribution in [1.82, 2.24) is 5.32 Å². The van der Waals surface area contributed by atoms with Gasteiger partial charge in [0.05, 0.1) is 18.2 Å². The van der Waals surface area contributed by atoms with Crippen LogP contribution in [0.5, 0.6) is 11.5 Å².